The number of nitrogens with zero attached hydrogens (tertiary/aromatic N) is 1. The fourth-order valence-corrected chi connectivity index (χ4v) is 1.48. The summed E-state index contributed by atoms with van der Waals surface area (Å²) in [5.74, 6) is 5.04. The Kier molecular flexibility index (Phi) is 8.28. The van der Waals surface area contributed by atoms with Gasteiger partial charge in [0.2, 0.25) is 0 Å². The fraction of sp³-hybridized carbons (Fsp3) is 0.538. The van der Waals surface area contributed by atoms with E-state index in [0.717, 1.165) is 12.8 Å². The highest BCUT2D eigenvalue weighted by atomic mass is 16.5. The molecule has 0 aliphatic heterocycles. The third-order valence-corrected chi connectivity index (χ3v) is 2.60. The fourth-order valence-electron chi connectivity index (χ4n) is 1.48. The van der Waals surface area contributed by atoms with Gasteiger partial charge < -0.3 is 20.2 Å². The number of aromatic nitrogens is 1. The maximum Gasteiger partial charge on any atom is 0.269 e. The van der Waals surface area contributed by atoms with Crippen molar-refractivity contribution < 1.29 is 14.3 Å². The van der Waals surface area contributed by atoms with Gasteiger partial charge in [0.15, 0.2) is 0 Å². The molecule has 0 aliphatic rings. The van der Waals surface area contributed by atoms with Crippen LogP contribution < -0.4 is 16.6 Å². The van der Waals surface area contributed by atoms with Gasteiger partial charge in [-0.3, -0.25) is 10.6 Å². The predicted octanol–water partition coefficient (Wildman–Crippen LogP) is 0.540. The second-order valence-corrected chi connectivity index (χ2v) is 4.14. The summed E-state index contributed by atoms with van der Waals surface area (Å²) in [7, 11) is 1.64. The first kappa shape index (κ1) is 16.4. The van der Waals surface area contributed by atoms with Gasteiger partial charge in [-0.2, -0.15) is 0 Å². The summed E-state index contributed by atoms with van der Waals surface area (Å²) in [6, 6.07) is 3.32. The molecule has 1 heterocycles. The average molecular weight is 282 g/mol. The number of rotatable bonds is 10. The van der Waals surface area contributed by atoms with E-state index in [4.69, 9.17) is 15.3 Å². The van der Waals surface area contributed by atoms with Crippen molar-refractivity contribution in [2.45, 2.75) is 12.8 Å². The smallest absolute Gasteiger partial charge is 0.269 e. The Morgan fingerprint density at radius 1 is 1.30 bits per heavy atom. The van der Waals surface area contributed by atoms with E-state index in [-0.39, 0.29) is 5.91 Å². The molecule has 0 saturated heterocycles. The van der Waals surface area contributed by atoms with Gasteiger partial charge in [-0.15, -0.1) is 0 Å². The molecule has 0 fully saturated rings. The first-order valence-corrected chi connectivity index (χ1v) is 6.55. The number of carbonyl (C=O) groups excluding carboxylic acids is 1. The number of carbonyl (C=O) groups is 1. The summed E-state index contributed by atoms with van der Waals surface area (Å²) in [5.41, 5.74) is 3.49. The van der Waals surface area contributed by atoms with Gasteiger partial charge in [0.1, 0.15) is 5.69 Å². The van der Waals surface area contributed by atoms with Crippen molar-refractivity contribution in [1.29, 1.82) is 0 Å². The number of hydrazine groups is 1. The van der Waals surface area contributed by atoms with E-state index in [1.54, 1.807) is 19.2 Å². The molecule has 1 aromatic rings. The molecule has 0 spiro atoms. The summed E-state index contributed by atoms with van der Waals surface area (Å²) < 4.78 is 10.2. The number of anilines is 1. The number of hydrogen-bond acceptors (Lipinski definition) is 6. The van der Waals surface area contributed by atoms with Gasteiger partial charge in [-0.05, 0) is 25.0 Å². The minimum absolute atomic E-state index is 0.186. The van der Waals surface area contributed by atoms with E-state index in [1.807, 2.05) is 0 Å². The van der Waals surface area contributed by atoms with Gasteiger partial charge in [0.25, 0.3) is 5.91 Å². The highest BCUT2D eigenvalue weighted by molar-refractivity contribution is 5.92. The number of amides is 1. The van der Waals surface area contributed by atoms with Crippen LogP contribution in [0.4, 0.5) is 5.69 Å². The quantitative estimate of drug-likeness (QED) is 0.329. The first-order chi connectivity index (χ1) is 9.77. The molecule has 112 valence electrons. The normalized spacial score (nSPS) is 10.3. The summed E-state index contributed by atoms with van der Waals surface area (Å²) in [4.78, 5) is 15.8. The van der Waals surface area contributed by atoms with Crippen LogP contribution in [0.2, 0.25) is 0 Å². The van der Waals surface area contributed by atoms with E-state index in [2.05, 4.69) is 15.7 Å². The largest absolute Gasteiger partial charge is 0.382 e. The molecule has 0 atom stereocenters. The number of ether oxygens (including phenoxy) is 2. The summed E-state index contributed by atoms with van der Waals surface area (Å²) in [5, 5.41) is 2.81. The summed E-state index contributed by atoms with van der Waals surface area (Å²) in [6.45, 7) is 2.49. The van der Waals surface area contributed by atoms with Crippen LogP contribution in [-0.4, -0.2) is 44.4 Å². The Morgan fingerprint density at radius 2 is 2.15 bits per heavy atom. The van der Waals surface area contributed by atoms with Gasteiger partial charge in [0, 0.05) is 20.3 Å². The molecule has 4 N–H and O–H groups in total. The second-order valence-electron chi connectivity index (χ2n) is 4.14. The van der Waals surface area contributed by atoms with Crippen LogP contribution in [0.3, 0.4) is 0 Å². The standard InChI is InChI=1S/C13H22N4O3/c1-19-8-9-20-7-3-2-6-15-13(18)12-5-4-11(17-14)10-16-12/h4-5,10,17H,2-3,6-9,14H2,1H3,(H,15,18). The number of unbranched alkanes of at least 4 members (excludes halogenated alkanes) is 1. The Balaban J connectivity index is 2.10. The number of hydrogen-bond donors (Lipinski definition) is 3. The number of nitrogens with one attached hydrogen (secondary N) is 2. The molecule has 0 aliphatic carbocycles. The van der Waals surface area contributed by atoms with Crippen LogP contribution in [0, 0.1) is 0 Å². The van der Waals surface area contributed by atoms with Crippen LogP contribution >= 0.6 is 0 Å². The zero-order valence-electron chi connectivity index (χ0n) is 11.7. The van der Waals surface area contributed by atoms with Crippen molar-refractivity contribution in [3.8, 4) is 0 Å². The van der Waals surface area contributed by atoms with Crippen LogP contribution in [-0.2, 0) is 9.47 Å². The molecule has 7 heteroatoms. The Bertz CT molecular complexity index is 384. The minimum atomic E-state index is -0.186. The lowest BCUT2D eigenvalue weighted by atomic mass is 10.3. The minimum Gasteiger partial charge on any atom is -0.382 e. The first-order valence-electron chi connectivity index (χ1n) is 6.55. The van der Waals surface area contributed by atoms with Crippen molar-refractivity contribution in [2.24, 2.45) is 5.84 Å². The highest BCUT2D eigenvalue weighted by Gasteiger charge is 2.05. The van der Waals surface area contributed by atoms with Gasteiger partial charge in [-0.25, -0.2) is 4.98 Å². The van der Waals surface area contributed by atoms with Crippen LogP contribution in [0.15, 0.2) is 18.3 Å². The lowest BCUT2D eigenvalue weighted by Gasteiger charge is -2.06. The molecule has 1 amide bonds. The molecule has 0 aromatic carbocycles. The molecule has 1 rings (SSSR count). The van der Waals surface area contributed by atoms with Crippen molar-refractivity contribution in [3.05, 3.63) is 24.0 Å². The van der Waals surface area contributed by atoms with Crippen molar-refractivity contribution in [1.82, 2.24) is 10.3 Å². The molecule has 0 saturated carbocycles. The number of methoxy groups -OCH3 is 1. The Labute approximate surface area is 118 Å². The van der Waals surface area contributed by atoms with Crippen molar-refractivity contribution >= 4 is 11.6 Å². The SMILES string of the molecule is COCCOCCCCNC(=O)c1ccc(NN)cn1. The average Bonchev–Trinajstić information content (AvgIpc) is 2.50. The molecule has 0 radical (unpaired) electrons. The monoisotopic (exact) mass is 282 g/mol. The summed E-state index contributed by atoms with van der Waals surface area (Å²) in [6.07, 6.45) is 3.27. The Hall–Kier alpha value is -1.70. The van der Waals surface area contributed by atoms with Crippen LogP contribution in [0.1, 0.15) is 23.3 Å². The summed E-state index contributed by atoms with van der Waals surface area (Å²) >= 11 is 0. The predicted molar refractivity (Wildman–Crippen MR) is 76.3 cm³/mol. The van der Waals surface area contributed by atoms with E-state index in [9.17, 15) is 4.79 Å². The van der Waals surface area contributed by atoms with Crippen LogP contribution in [0.5, 0.6) is 0 Å². The van der Waals surface area contributed by atoms with Crippen molar-refractivity contribution in [3.63, 3.8) is 0 Å². The third kappa shape index (κ3) is 6.46. The zero-order chi connectivity index (χ0) is 14.6. The number of nitrogen functional groups attached to an aromatic ring is 1. The number of pyridine rings is 1. The van der Waals surface area contributed by atoms with E-state index in [0.29, 0.717) is 37.7 Å². The zero-order valence-corrected chi connectivity index (χ0v) is 11.7. The van der Waals surface area contributed by atoms with E-state index < -0.39 is 0 Å². The highest BCUT2D eigenvalue weighted by Crippen LogP contribution is 2.03. The molecule has 20 heavy (non-hydrogen) atoms. The molecule has 7 nitrogen and oxygen atoms in total. The molecular weight excluding hydrogens is 260 g/mol. The molecule has 0 bridgehead atoms. The van der Waals surface area contributed by atoms with Gasteiger partial charge >= 0.3 is 0 Å². The molecule has 1 aromatic heterocycles. The molecular formula is C13H22N4O3. The van der Waals surface area contributed by atoms with E-state index >= 15 is 0 Å². The second kappa shape index (κ2) is 10.1. The topological polar surface area (TPSA) is 98.5 Å². The molecule has 0 unspecified atom stereocenters. The van der Waals surface area contributed by atoms with E-state index in [1.165, 1.54) is 6.20 Å². The lowest BCUT2D eigenvalue weighted by Crippen LogP contribution is -2.25. The van der Waals surface area contributed by atoms with Crippen LogP contribution in [0.25, 0.3) is 0 Å². The van der Waals surface area contributed by atoms with Gasteiger partial charge in [-0.1, -0.05) is 0 Å². The Morgan fingerprint density at radius 3 is 2.80 bits per heavy atom. The number of nitrogens with two attached hydrogens (primary N) is 1. The lowest BCUT2D eigenvalue weighted by molar-refractivity contribution is 0.0686. The third-order valence-electron chi connectivity index (χ3n) is 2.60. The van der Waals surface area contributed by atoms with Gasteiger partial charge in [0.05, 0.1) is 25.1 Å². The maximum atomic E-state index is 11.7. The maximum absolute atomic E-state index is 11.7. The van der Waals surface area contributed by atoms with Crippen molar-refractivity contribution in [2.75, 3.05) is 38.9 Å².